The van der Waals surface area contributed by atoms with Gasteiger partial charge in [-0.15, -0.1) is 11.3 Å². The Hall–Kier alpha value is -0.940. The molecule has 3 aromatic rings. The monoisotopic (exact) mass is 340 g/mol. The first-order valence-corrected chi connectivity index (χ1v) is 8.40. The predicted molar refractivity (Wildman–Crippen MR) is 90.1 cm³/mol. The second-order valence-corrected chi connectivity index (χ2v) is 7.31. The highest BCUT2D eigenvalue weighted by molar-refractivity contribution is 8.00. The zero-order valence-electron chi connectivity index (χ0n) is 10.3. The van der Waals surface area contributed by atoms with Gasteiger partial charge in [0.25, 0.3) is 0 Å². The maximum atomic E-state index is 6.01. The first-order chi connectivity index (χ1) is 9.61. The van der Waals surface area contributed by atoms with E-state index >= 15 is 0 Å². The summed E-state index contributed by atoms with van der Waals surface area (Å²) in [5.74, 6) is 0.812. The number of benzene rings is 2. The summed E-state index contributed by atoms with van der Waals surface area (Å²) < 4.78 is 2.14. The largest absolute Gasteiger partial charge is 0.399 e. The zero-order chi connectivity index (χ0) is 14.1. The molecule has 102 valence electrons. The van der Waals surface area contributed by atoms with Gasteiger partial charge in [0.1, 0.15) is 0 Å². The lowest BCUT2D eigenvalue weighted by atomic mass is 10.2. The summed E-state index contributed by atoms with van der Waals surface area (Å²) in [5.41, 5.74) is 8.65. The van der Waals surface area contributed by atoms with Gasteiger partial charge in [-0.05, 0) is 35.9 Å². The van der Waals surface area contributed by atoms with Crippen molar-refractivity contribution < 1.29 is 0 Å². The molecule has 0 saturated heterocycles. The van der Waals surface area contributed by atoms with Crippen molar-refractivity contribution in [3.8, 4) is 0 Å². The van der Waals surface area contributed by atoms with E-state index in [9.17, 15) is 0 Å². The minimum absolute atomic E-state index is 0.580. The highest BCUT2D eigenvalue weighted by atomic mass is 35.5. The summed E-state index contributed by atoms with van der Waals surface area (Å²) >= 11 is 15.2. The highest BCUT2D eigenvalue weighted by Crippen LogP contribution is 2.33. The topological polar surface area (TPSA) is 38.9 Å². The third kappa shape index (κ3) is 3.04. The molecule has 0 amide bonds. The number of aromatic nitrogens is 1. The zero-order valence-corrected chi connectivity index (χ0v) is 13.4. The number of thioether (sulfide) groups is 1. The predicted octanol–water partition coefficient (Wildman–Crippen LogP) is 5.48. The van der Waals surface area contributed by atoms with Crippen LogP contribution in [0.2, 0.25) is 10.0 Å². The Balaban J connectivity index is 1.77. The number of hydrogen-bond donors (Lipinski definition) is 1. The fourth-order valence-electron chi connectivity index (χ4n) is 1.76. The molecule has 0 fully saturated rings. The molecule has 1 aromatic heterocycles. The van der Waals surface area contributed by atoms with Gasteiger partial charge < -0.3 is 5.73 Å². The Bertz CT molecular complexity index is 771. The molecule has 2 aromatic carbocycles. The summed E-state index contributed by atoms with van der Waals surface area (Å²) in [6.45, 7) is 0. The molecular formula is C14H10Cl2N2S2. The second-order valence-electron chi connectivity index (χ2n) is 4.24. The minimum atomic E-state index is 0.580. The van der Waals surface area contributed by atoms with Crippen molar-refractivity contribution in [3.63, 3.8) is 0 Å². The molecule has 0 aliphatic heterocycles. The van der Waals surface area contributed by atoms with Crippen LogP contribution in [0.4, 0.5) is 5.69 Å². The molecule has 20 heavy (non-hydrogen) atoms. The van der Waals surface area contributed by atoms with Crippen LogP contribution in [0.1, 0.15) is 5.56 Å². The Morgan fingerprint density at radius 1 is 1.10 bits per heavy atom. The molecule has 6 heteroatoms. The number of nitrogens with zero attached hydrogens (tertiary/aromatic N) is 1. The third-order valence-electron chi connectivity index (χ3n) is 2.74. The van der Waals surface area contributed by atoms with Gasteiger partial charge in [0, 0.05) is 11.4 Å². The summed E-state index contributed by atoms with van der Waals surface area (Å²) in [4.78, 5) is 4.58. The van der Waals surface area contributed by atoms with Crippen molar-refractivity contribution in [1.29, 1.82) is 0 Å². The van der Waals surface area contributed by atoms with Crippen LogP contribution < -0.4 is 5.73 Å². The van der Waals surface area contributed by atoms with Crippen LogP contribution in [0, 0.1) is 0 Å². The fraction of sp³-hybridized carbons (Fsp3) is 0.0714. The van der Waals surface area contributed by atoms with Crippen LogP contribution in [0.5, 0.6) is 0 Å². The molecule has 3 rings (SSSR count). The quantitative estimate of drug-likeness (QED) is 0.507. The van der Waals surface area contributed by atoms with E-state index in [0.717, 1.165) is 31.6 Å². The molecular weight excluding hydrogens is 331 g/mol. The Kier molecular flexibility index (Phi) is 4.08. The lowest BCUT2D eigenvalue weighted by Gasteiger charge is -2.01. The highest BCUT2D eigenvalue weighted by Gasteiger charge is 2.06. The summed E-state index contributed by atoms with van der Waals surface area (Å²) in [6.07, 6.45) is 0. The van der Waals surface area contributed by atoms with E-state index in [1.54, 1.807) is 23.1 Å². The van der Waals surface area contributed by atoms with E-state index in [-0.39, 0.29) is 0 Å². The Morgan fingerprint density at radius 3 is 2.75 bits per heavy atom. The number of hydrogen-bond acceptors (Lipinski definition) is 4. The van der Waals surface area contributed by atoms with Crippen molar-refractivity contribution in [2.75, 3.05) is 5.73 Å². The standard InChI is InChI=1S/C14H10Cl2N2S2/c15-10-3-1-8(5-11(10)16)7-19-14-18-12-4-2-9(17)6-13(12)20-14/h1-6H,7,17H2. The van der Waals surface area contributed by atoms with Crippen molar-refractivity contribution in [1.82, 2.24) is 4.98 Å². The van der Waals surface area contributed by atoms with Crippen LogP contribution in [0.25, 0.3) is 10.2 Å². The van der Waals surface area contributed by atoms with Gasteiger partial charge in [0.15, 0.2) is 4.34 Å². The fourth-order valence-corrected chi connectivity index (χ4v) is 4.14. The average molecular weight is 341 g/mol. The van der Waals surface area contributed by atoms with Crippen LogP contribution in [0.3, 0.4) is 0 Å². The molecule has 0 saturated carbocycles. The van der Waals surface area contributed by atoms with Crippen LogP contribution in [0.15, 0.2) is 40.7 Å². The summed E-state index contributed by atoms with van der Waals surface area (Å²) in [7, 11) is 0. The molecule has 2 nitrogen and oxygen atoms in total. The van der Waals surface area contributed by atoms with E-state index in [1.807, 2.05) is 36.4 Å². The molecule has 2 N–H and O–H groups in total. The Morgan fingerprint density at radius 2 is 1.95 bits per heavy atom. The van der Waals surface area contributed by atoms with Crippen molar-refractivity contribution in [3.05, 3.63) is 52.0 Å². The molecule has 0 atom stereocenters. The summed E-state index contributed by atoms with van der Waals surface area (Å²) in [6, 6.07) is 11.5. The van der Waals surface area contributed by atoms with Gasteiger partial charge in [-0.1, -0.05) is 41.0 Å². The van der Waals surface area contributed by atoms with Crippen molar-refractivity contribution in [2.24, 2.45) is 0 Å². The lowest BCUT2D eigenvalue weighted by Crippen LogP contribution is -1.81. The maximum absolute atomic E-state index is 6.01. The molecule has 0 aliphatic rings. The number of rotatable bonds is 3. The molecule has 1 heterocycles. The maximum Gasteiger partial charge on any atom is 0.151 e. The van der Waals surface area contributed by atoms with Gasteiger partial charge in [-0.2, -0.15) is 0 Å². The normalized spacial score (nSPS) is 11.1. The number of nitrogens with two attached hydrogens (primary N) is 1. The van der Waals surface area contributed by atoms with Gasteiger partial charge >= 0.3 is 0 Å². The number of halogens is 2. The molecule has 0 bridgehead atoms. The second kappa shape index (κ2) is 5.82. The van der Waals surface area contributed by atoms with Gasteiger partial charge in [-0.3, -0.25) is 0 Å². The molecule has 0 aliphatic carbocycles. The minimum Gasteiger partial charge on any atom is -0.399 e. The Labute approximate surface area is 134 Å². The van der Waals surface area contributed by atoms with E-state index in [1.165, 1.54) is 0 Å². The van der Waals surface area contributed by atoms with Gasteiger partial charge in [-0.25, -0.2) is 4.98 Å². The molecule has 0 unspecified atom stereocenters. The van der Waals surface area contributed by atoms with Crippen LogP contribution >= 0.6 is 46.3 Å². The number of nitrogen functional groups attached to an aromatic ring is 1. The number of anilines is 1. The molecule has 0 radical (unpaired) electrons. The van der Waals surface area contributed by atoms with Crippen LogP contribution in [-0.2, 0) is 5.75 Å². The third-order valence-corrected chi connectivity index (χ3v) is 5.71. The van der Waals surface area contributed by atoms with Gasteiger partial charge in [0.2, 0.25) is 0 Å². The van der Waals surface area contributed by atoms with E-state index < -0.39 is 0 Å². The van der Waals surface area contributed by atoms with Gasteiger partial charge in [0.05, 0.1) is 20.3 Å². The number of fused-ring (bicyclic) bond motifs is 1. The smallest absolute Gasteiger partial charge is 0.151 e. The summed E-state index contributed by atoms with van der Waals surface area (Å²) in [5, 5.41) is 1.16. The average Bonchev–Trinajstić information content (AvgIpc) is 2.82. The number of thiazole rings is 1. The lowest BCUT2D eigenvalue weighted by molar-refractivity contribution is 1.29. The van der Waals surface area contributed by atoms with E-state index in [2.05, 4.69) is 4.98 Å². The van der Waals surface area contributed by atoms with E-state index in [4.69, 9.17) is 28.9 Å². The first-order valence-electron chi connectivity index (χ1n) is 5.84. The van der Waals surface area contributed by atoms with Crippen LogP contribution in [-0.4, -0.2) is 4.98 Å². The van der Waals surface area contributed by atoms with Crippen molar-refractivity contribution >= 4 is 62.2 Å². The molecule has 0 spiro atoms. The van der Waals surface area contributed by atoms with E-state index in [0.29, 0.717) is 10.0 Å². The van der Waals surface area contributed by atoms with Crippen molar-refractivity contribution in [2.45, 2.75) is 10.1 Å². The SMILES string of the molecule is Nc1ccc2nc(SCc3ccc(Cl)c(Cl)c3)sc2c1. The first kappa shape index (κ1) is 14.0.